The minimum Gasteiger partial charge on any atom is -0.466 e. The maximum atomic E-state index is 11.7. The van der Waals surface area contributed by atoms with E-state index >= 15 is 0 Å². The second-order valence-corrected chi connectivity index (χ2v) is 7.21. The molecule has 1 fully saturated rings. The number of ether oxygens (including phenoxy) is 1. The van der Waals surface area contributed by atoms with Crippen molar-refractivity contribution in [1.29, 1.82) is 0 Å². The first-order valence-corrected chi connectivity index (χ1v) is 11.4. The second-order valence-electron chi connectivity index (χ2n) is 6.33. The summed E-state index contributed by atoms with van der Waals surface area (Å²) in [6.07, 6.45) is 9.27. The zero-order valence-electron chi connectivity index (χ0n) is 17.6. The Hall–Kier alpha value is -2.35. The Balaban J connectivity index is 0.00000145. The van der Waals surface area contributed by atoms with Crippen LogP contribution in [0, 0.1) is 5.92 Å². The van der Waals surface area contributed by atoms with Crippen LogP contribution in [-0.2, 0) is 9.53 Å². The van der Waals surface area contributed by atoms with Crippen LogP contribution in [0.4, 0.5) is 11.8 Å². The van der Waals surface area contributed by atoms with E-state index in [4.69, 9.17) is 4.74 Å². The van der Waals surface area contributed by atoms with Crippen molar-refractivity contribution in [1.82, 2.24) is 15.0 Å². The number of hydrogen-bond donors (Lipinski definition) is 2. The molecule has 158 valence electrons. The van der Waals surface area contributed by atoms with Gasteiger partial charge < -0.3 is 15.4 Å². The van der Waals surface area contributed by atoms with Crippen LogP contribution >= 0.6 is 11.8 Å². The van der Waals surface area contributed by atoms with Gasteiger partial charge in [0.2, 0.25) is 5.95 Å². The normalized spacial score (nSPS) is 17.0. The highest BCUT2D eigenvalue weighted by atomic mass is 32.2. The number of nitrogens with one attached hydrogen (secondary N) is 2. The Labute approximate surface area is 177 Å². The van der Waals surface area contributed by atoms with Gasteiger partial charge in [-0.1, -0.05) is 19.9 Å². The lowest BCUT2D eigenvalue weighted by Gasteiger charge is -2.08. The monoisotopic (exact) mass is 417 g/mol. The molecule has 2 aromatic heterocycles. The molecule has 3 rings (SSSR count). The number of thioether (sulfide) groups is 1. The van der Waals surface area contributed by atoms with Crippen LogP contribution in [0.2, 0.25) is 0 Å². The predicted octanol–water partition coefficient (Wildman–Crippen LogP) is 4.20. The highest BCUT2D eigenvalue weighted by molar-refractivity contribution is 7.98. The molecule has 0 radical (unpaired) electrons. The first-order chi connectivity index (χ1) is 14.2. The number of hydrogen-bond acceptors (Lipinski definition) is 8. The molecule has 1 aliphatic rings. The summed E-state index contributed by atoms with van der Waals surface area (Å²) < 4.78 is 5.07. The fourth-order valence-corrected chi connectivity index (χ4v) is 3.14. The van der Waals surface area contributed by atoms with E-state index in [2.05, 4.69) is 25.6 Å². The molecule has 7 nitrogen and oxygen atoms in total. The number of nitrogens with zero attached hydrogens (tertiary/aromatic N) is 3. The van der Waals surface area contributed by atoms with Gasteiger partial charge in [-0.3, -0.25) is 4.79 Å². The summed E-state index contributed by atoms with van der Waals surface area (Å²) in [5.41, 5.74) is 1.10. The third-order valence-electron chi connectivity index (χ3n) is 4.40. The lowest BCUT2D eigenvalue weighted by Crippen LogP contribution is -2.11. The van der Waals surface area contributed by atoms with E-state index in [0.717, 1.165) is 42.2 Å². The maximum Gasteiger partial charge on any atom is 0.309 e. The van der Waals surface area contributed by atoms with Gasteiger partial charge in [0.1, 0.15) is 5.82 Å². The minimum atomic E-state index is -0.0933. The van der Waals surface area contributed by atoms with Gasteiger partial charge in [-0.2, -0.15) is 0 Å². The number of anilines is 2. The molecule has 8 heteroatoms. The molecule has 29 heavy (non-hydrogen) atoms. The van der Waals surface area contributed by atoms with E-state index in [-0.39, 0.29) is 17.8 Å². The number of pyridine rings is 1. The van der Waals surface area contributed by atoms with Crippen LogP contribution in [-0.4, -0.2) is 46.9 Å². The Morgan fingerprint density at radius 1 is 1.14 bits per heavy atom. The van der Waals surface area contributed by atoms with Crippen LogP contribution in [0.3, 0.4) is 0 Å². The SMILES string of the molecule is CC.CCOC(=O)C1C[C@@H]1c1ccc(NCCCNc2ncc(SC)cn2)nc1. The van der Waals surface area contributed by atoms with Crippen molar-refractivity contribution in [2.24, 2.45) is 5.92 Å². The molecule has 2 aromatic rings. The van der Waals surface area contributed by atoms with E-state index < -0.39 is 0 Å². The van der Waals surface area contributed by atoms with Crippen molar-refractivity contribution in [2.75, 3.05) is 36.6 Å². The number of carbonyl (C=O) groups excluding carboxylic acids is 1. The zero-order chi connectivity index (χ0) is 21.1. The van der Waals surface area contributed by atoms with Gasteiger partial charge in [-0.05, 0) is 43.6 Å². The number of aromatic nitrogens is 3. The highest BCUT2D eigenvalue weighted by Gasteiger charge is 2.45. The van der Waals surface area contributed by atoms with Crippen LogP contribution in [0.1, 0.15) is 45.1 Å². The molecular formula is C21H31N5O2S. The van der Waals surface area contributed by atoms with Crippen molar-refractivity contribution < 1.29 is 9.53 Å². The van der Waals surface area contributed by atoms with E-state index in [1.165, 1.54) is 0 Å². The molecule has 1 unspecified atom stereocenters. The van der Waals surface area contributed by atoms with Crippen molar-refractivity contribution in [3.8, 4) is 0 Å². The average Bonchev–Trinajstić information content (AvgIpc) is 3.57. The Morgan fingerprint density at radius 2 is 1.86 bits per heavy atom. The largest absolute Gasteiger partial charge is 0.466 e. The number of carbonyl (C=O) groups is 1. The molecule has 1 saturated carbocycles. The Morgan fingerprint density at radius 3 is 2.48 bits per heavy atom. The second kappa shape index (κ2) is 12.3. The standard InChI is InChI=1S/C19H25N5O2S.C2H6/c1-3-26-18(25)16-9-15(16)13-5-6-17(22-10-13)20-7-4-8-21-19-23-11-14(27-2)12-24-19;1-2/h5-6,10-12,15-16H,3-4,7-9H2,1-2H3,(H,20,22)(H,21,23,24);1-2H3/t15-,16?;/m1./s1. The summed E-state index contributed by atoms with van der Waals surface area (Å²) in [5, 5.41) is 6.51. The minimum absolute atomic E-state index is 0.00355. The zero-order valence-corrected chi connectivity index (χ0v) is 18.5. The average molecular weight is 418 g/mol. The topological polar surface area (TPSA) is 89.0 Å². The van der Waals surface area contributed by atoms with Crippen molar-refractivity contribution in [3.63, 3.8) is 0 Å². The van der Waals surface area contributed by atoms with Crippen LogP contribution in [0.15, 0.2) is 35.6 Å². The maximum absolute atomic E-state index is 11.7. The van der Waals surface area contributed by atoms with Gasteiger partial charge in [0, 0.05) is 36.6 Å². The van der Waals surface area contributed by atoms with Gasteiger partial charge in [0.25, 0.3) is 0 Å². The molecule has 0 aromatic carbocycles. The van der Waals surface area contributed by atoms with E-state index in [9.17, 15) is 4.79 Å². The third kappa shape index (κ3) is 7.20. The lowest BCUT2D eigenvalue weighted by molar-refractivity contribution is -0.144. The molecule has 2 heterocycles. The summed E-state index contributed by atoms with van der Waals surface area (Å²) in [6.45, 7) is 7.86. The Bertz CT molecular complexity index is 740. The molecule has 0 saturated heterocycles. The first-order valence-electron chi connectivity index (χ1n) is 10.2. The smallest absolute Gasteiger partial charge is 0.309 e. The van der Waals surface area contributed by atoms with Crippen molar-refractivity contribution in [2.45, 2.75) is 44.4 Å². The van der Waals surface area contributed by atoms with Crippen LogP contribution in [0.5, 0.6) is 0 Å². The summed E-state index contributed by atoms with van der Waals surface area (Å²) in [7, 11) is 0. The Kier molecular flexibility index (Phi) is 9.70. The summed E-state index contributed by atoms with van der Waals surface area (Å²) in [4.78, 5) is 25.7. The lowest BCUT2D eigenvalue weighted by atomic mass is 10.1. The molecule has 2 atom stereocenters. The van der Waals surface area contributed by atoms with E-state index in [0.29, 0.717) is 12.6 Å². The predicted molar refractivity (Wildman–Crippen MR) is 118 cm³/mol. The van der Waals surface area contributed by atoms with Gasteiger partial charge in [0.05, 0.1) is 12.5 Å². The fraction of sp³-hybridized carbons (Fsp3) is 0.524. The number of esters is 1. The molecule has 1 aliphatic carbocycles. The first kappa shape index (κ1) is 22.9. The molecule has 2 N–H and O–H groups in total. The molecular weight excluding hydrogens is 386 g/mol. The fourth-order valence-electron chi connectivity index (χ4n) is 2.82. The summed E-state index contributed by atoms with van der Waals surface area (Å²) in [5.74, 6) is 1.66. The highest BCUT2D eigenvalue weighted by Crippen LogP contribution is 2.48. The van der Waals surface area contributed by atoms with Crippen molar-refractivity contribution in [3.05, 3.63) is 36.3 Å². The van der Waals surface area contributed by atoms with Crippen molar-refractivity contribution >= 4 is 29.5 Å². The number of rotatable bonds is 10. The van der Waals surface area contributed by atoms with E-state index in [1.54, 1.807) is 11.8 Å². The molecule has 0 amide bonds. The summed E-state index contributed by atoms with van der Waals surface area (Å²) >= 11 is 1.62. The van der Waals surface area contributed by atoms with Gasteiger partial charge in [0.15, 0.2) is 0 Å². The van der Waals surface area contributed by atoms with Gasteiger partial charge >= 0.3 is 5.97 Å². The molecule has 0 aliphatic heterocycles. The van der Waals surface area contributed by atoms with Crippen LogP contribution < -0.4 is 10.6 Å². The third-order valence-corrected chi connectivity index (χ3v) is 5.08. The van der Waals surface area contributed by atoms with E-state index in [1.807, 2.05) is 57.8 Å². The van der Waals surface area contributed by atoms with Crippen LogP contribution in [0.25, 0.3) is 0 Å². The quantitative estimate of drug-likeness (QED) is 0.338. The van der Waals surface area contributed by atoms with Gasteiger partial charge in [-0.25, -0.2) is 15.0 Å². The molecule has 0 spiro atoms. The summed E-state index contributed by atoms with van der Waals surface area (Å²) in [6, 6.07) is 4.01. The molecule has 0 bridgehead atoms. The van der Waals surface area contributed by atoms with Gasteiger partial charge in [-0.15, -0.1) is 11.8 Å².